The van der Waals surface area contributed by atoms with Crippen molar-refractivity contribution in [1.29, 1.82) is 0 Å². The summed E-state index contributed by atoms with van der Waals surface area (Å²) in [5.74, 6) is -1.34. The first-order valence-corrected chi connectivity index (χ1v) is 7.08. The summed E-state index contributed by atoms with van der Waals surface area (Å²) >= 11 is 0. The van der Waals surface area contributed by atoms with Crippen LogP contribution in [0.1, 0.15) is 0 Å². The molecule has 20 heavy (non-hydrogen) atoms. The molecule has 0 aliphatic carbocycles. The summed E-state index contributed by atoms with van der Waals surface area (Å²) in [6.45, 7) is 0. The minimum absolute atomic E-state index is 0.0603. The van der Waals surface area contributed by atoms with Gasteiger partial charge < -0.3 is 4.90 Å². The Balaban J connectivity index is 3.28. The van der Waals surface area contributed by atoms with Gasteiger partial charge in [0.25, 0.3) is 0 Å². The summed E-state index contributed by atoms with van der Waals surface area (Å²) in [4.78, 5) is 15.9. The number of rotatable bonds is 5. The van der Waals surface area contributed by atoms with Crippen LogP contribution in [0, 0.1) is 0 Å². The lowest BCUT2D eigenvalue weighted by atomic mass is 10.4. The van der Waals surface area contributed by atoms with Crippen LogP contribution in [0.15, 0.2) is 58.5 Å². The zero-order valence-corrected chi connectivity index (χ0v) is 11.9. The Kier molecular flexibility index (Phi) is 5.48. The lowest BCUT2D eigenvalue weighted by molar-refractivity contribution is -0.228. The zero-order chi connectivity index (χ0) is 15.2. The molecule has 0 radical (unpaired) electrons. The van der Waals surface area contributed by atoms with Gasteiger partial charge in [-0.3, -0.25) is 4.89 Å². The van der Waals surface area contributed by atoms with Gasteiger partial charge in [-0.15, -0.1) is 0 Å². The standard InChI is InChI=1S/C13H15NO5S/c1-14(2)10-6-9-12(13(15)19-16)20(17,18)11-7-4-3-5-8-11/h3-10,16H,1-2H3. The van der Waals surface area contributed by atoms with Crippen molar-refractivity contribution in [3.63, 3.8) is 0 Å². The fourth-order valence-electron chi connectivity index (χ4n) is 1.34. The molecule has 0 fully saturated rings. The third-order valence-electron chi connectivity index (χ3n) is 2.26. The van der Waals surface area contributed by atoms with Gasteiger partial charge >= 0.3 is 5.97 Å². The van der Waals surface area contributed by atoms with Crippen molar-refractivity contribution in [3.8, 4) is 0 Å². The number of allylic oxidation sites excluding steroid dienone is 2. The highest BCUT2D eigenvalue weighted by Gasteiger charge is 2.28. The van der Waals surface area contributed by atoms with E-state index in [-0.39, 0.29) is 4.90 Å². The molecule has 0 bridgehead atoms. The minimum atomic E-state index is -4.05. The summed E-state index contributed by atoms with van der Waals surface area (Å²) < 4.78 is 24.6. The third-order valence-corrected chi connectivity index (χ3v) is 4.03. The fourth-order valence-corrected chi connectivity index (χ4v) is 2.63. The normalized spacial score (nSPS) is 12.4. The summed E-state index contributed by atoms with van der Waals surface area (Å²) in [6.07, 6.45) is 3.98. The van der Waals surface area contributed by atoms with Crippen LogP contribution < -0.4 is 0 Å². The first-order chi connectivity index (χ1) is 9.39. The molecule has 0 atom stereocenters. The number of nitrogens with zero attached hydrogens (tertiary/aromatic N) is 1. The Morgan fingerprint density at radius 3 is 2.35 bits per heavy atom. The van der Waals surface area contributed by atoms with Crippen molar-refractivity contribution in [2.24, 2.45) is 0 Å². The van der Waals surface area contributed by atoms with Crippen molar-refractivity contribution >= 4 is 15.8 Å². The van der Waals surface area contributed by atoms with Crippen LogP contribution in [0.5, 0.6) is 0 Å². The summed E-state index contributed by atoms with van der Waals surface area (Å²) in [7, 11) is -0.581. The van der Waals surface area contributed by atoms with Gasteiger partial charge in [-0.1, -0.05) is 18.2 Å². The quantitative estimate of drug-likeness (QED) is 0.383. The van der Waals surface area contributed by atoms with Crippen molar-refractivity contribution in [2.75, 3.05) is 14.1 Å². The molecule has 0 aliphatic heterocycles. The maximum atomic E-state index is 12.3. The number of benzene rings is 1. The Bertz CT molecular complexity index is 617. The Labute approximate surface area is 117 Å². The van der Waals surface area contributed by atoms with Gasteiger partial charge in [0.15, 0.2) is 4.91 Å². The molecule has 0 saturated heterocycles. The van der Waals surface area contributed by atoms with E-state index in [0.29, 0.717) is 0 Å². The number of hydrogen-bond acceptors (Lipinski definition) is 6. The molecule has 0 aromatic heterocycles. The Hall–Kier alpha value is -2.12. The molecule has 108 valence electrons. The molecule has 1 rings (SSSR count). The SMILES string of the molecule is CN(C)C=CC=C(C(=O)OO)S(=O)(=O)c1ccccc1. The average molecular weight is 297 g/mol. The maximum Gasteiger partial charge on any atom is 0.384 e. The van der Waals surface area contributed by atoms with Gasteiger partial charge in [-0.25, -0.2) is 13.2 Å². The van der Waals surface area contributed by atoms with Gasteiger partial charge in [0.1, 0.15) is 0 Å². The van der Waals surface area contributed by atoms with Crippen molar-refractivity contribution in [1.82, 2.24) is 4.90 Å². The van der Waals surface area contributed by atoms with E-state index in [0.717, 1.165) is 6.08 Å². The predicted molar refractivity (Wildman–Crippen MR) is 73.3 cm³/mol. The van der Waals surface area contributed by atoms with E-state index < -0.39 is 20.7 Å². The highest BCUT2D eigenvalue weighted by molar-refractivity contribution is 7.96. The van der Waals surface area contributed by atoms with E-state index >= 15 is 0 Å². The second-order valence-corrected chi connectivity index (χ2v) is 5.95. The highest BCUT2D eigenvalue weighted by atomic mass is 32.2. The molecule has 6 nitrogen and oxygen atoms in total. The first-order valence-electron chi connectivity index (χ1n) is 5.60. The van der Waals surface area contributed by atoms with Crippen LogP contribution >= 0.6 is 0 Å². The van der Waals surface area contributed by atoms with Crippen LogP contribution in [-0.2, 0) is 19.5 Å². The van der Waals surface area contributed by atoms with Gasteiger partial charge in [-0.2, -0.15) is 5.26 Å². The molecular formula is C13H15NO5S. The molecule has 1 aromatic carbocycles. The van der Waals surface area contributed by atoms with Gasteiger partial charge in [0.05, 0.1) is 4.90 Å². The van der Waals surface area contributed by atoms with Crippen molar-refractivity contribution in [2.45, 2.75) is 4.90 Å². The van der Waals surface area contributed by atoms with Crippen LogP contribution in [0.4, 0.5) is 0 Å². The molecular weight excluding hydrogens is 282 g/mol. The lowest BCUT2D eigenvalue weighted by Gasteiger charge is -2.06. The fraction of sp³-hybridized carbons (Fsp3) is 0.154. The third kappa shape index (κ3) is 3.94. The molecule has 1 N–H and O–H groups in total. The van der Waals surface area contributed by atoms with E-state index in [1.807, 2.05) is 0 Å². The Morgan fingerprint density at radius 1 is 1.25 bits per heavy atom. The van der Waals surface area contributed by atoms with Crippen molar-refractivity contribution in [3.05, 3.63) is 53.6 Å². The second-order valence-electron chi connectivity index (χ2n) is 4.03. The largest absolute Gasteiger partial charge is 0.384 e. The van der Waals surface area contributed by atoms with Crippen molar-refractivity contribution < 1.29 is 23.4 Å². The average Bonchev–Trinajstić information content (AvgIpc) is 2.43. The molecule has 7 heteroatoms. The number of carbonyl (C=O) groups excluding carboxylic acids is 1. The molecule has 0 unspecified atom stereocenters. The molecule has 0 spiro atoms. The second kappa shape index (κ2) is 6.88. The number of sulfone groups is 1. The molecule has 1 aromatic rings. The molecule has 0 saturated carbocycles. The highest BCUT2D eigenvalue weighted by Crippen LogP contribution is 2.20. The maximum absolute atomic E-state index is 12.3. The summed E-state index contributed by atoms with van der Waals surface area (Å²) in [6, 6.07) is 7.42. The van der Waals surface area contributed by atoms with E-state index in [9.17, 15) is 13.2 Å². The zero-order valence-electron chi connectivity index (χ0n) is 11.1. The van der Waals surface area contributed by atoms with Gasteiger partial charge in [-0.05, 0) is 30.5 Å². The van der Waals surface area contributed by atoms with E-state index in [4.69, 9.17) is 5.26 Å². The minimum Gasteiger partial charge on any atom is -0.383 e. The van der Waals surface area contributed by atoms with Crippen LogP contribution in [0.25, 0.3) is 0 Å². The molecule has 0 aliphatic rings. The summed E-state index contributed by atoms with van der Waals surface area (Å²) in [5, 5.41) is 8.43. The van der Waals surface area contributed by atoms with Crippen LogP contribution in [-0.4, -0.2) is 38.6 Å². The van der Waals surface area contributed by atoms with Crippen LogP contribution in [0.2, 0.25) is 0 Å². The topological polar surface area (TPSA) is 83.9 Å². The number of carbonyl (C=O) groups is 1. The van der Waals surface area contributed by atoms with Gasteiger partial charge in [0.2, 0.25) is 9.84 Å². The molecule has 0 heterocycles. The van der Waals surface area contributed by atoms with Gasteiger partial charge in [0, 0.05) is 14.1 Å². The summed E-state index contributed by atoms with van der Waals surface area (Å²) in [5.41, 5.74) is 0. The first kappa shape index (κ1) is 15.9. The lowest BCUT2D eigenvalue weighted by Crippen LogP contribution is -2.15. The molecule has 0 amide bonds. The number of hydrogen-bond donors (Lipinski definition) is 1. The van der Waals surface area contributed by atoms with E-state index in [1.165, 1.54) is 30.3 Å². The predicted octanol–water partition coefficient (Wildman–Crippen LogP) is 1.44. The monoisotopic (exact) mass is 297 g/mol. The van der Waals surface area contributed by atoms with Crippen LogP contribution in [0.3, 0.4) is 0 Å². The Morgan fingerprint density at radius 2 is 1.85 bits per heavy atom. The van der Waals surface area contributed by atoms with E-state index in [1.54, 1.807) is 31.3 Å². The smallest absolute Gasteiger partial charge is 0.383 e. The van der Waals surface area contributed by atoms with E-state index in [2.05, 4.69) is 4.89 Å².